The Morgan fingerprint density at radius 3 is 3.10 bits per heavy atom. The van der Waals surface area contributed by atoms with Gasteiger partial charge in [0.15, 0.2) is 0 Å². The van der Waals surface area contributed by atoms with Crippen LogP contribution >= 0.6 is 0 Å². The number of amides is 1. The molecule has 4 nitrogen and oxygen atoms in total. The van der Waals surface area contributed by atoms with Crippen molar-refractivity contribution in [2.24, 2.45) is 5.92 Å². The molecule has 4 heteroatoms. The van der Waals surface area contributed by atoms with Crippen molar-refractivity contribution in [3.63, 3.8) is 0 Å². The van der Waals surface area contributed by atoms with Gasteiger partial charge in [0.2, 0.25) is 5.91 Å². The third-order valence-corrected chi connectivity index (χ3v) is 4.32. The molecule has 3 rings (SSSR count). The second kappa shape index (κ2) is 5.80. The number of nitrogens with zero attached hydrogens (tertiary/aromatic N) is 1. The average molecular weight is 286 g/mol. The molecule has 1 aliphatic rings. The third kappa shape index (κ3) is 2.75. The molecular formula is C17H22N2O2. The lowest BCUT2D eigenvalue weighted by Crippen LogP contribution is -2.39. The minimum Gasteiger partial charge on any atom is -0.496 e. The summed E-state index contributed by atoms with van der Waals surface area (Å²) in [5.74, 6) is 1.65. The summed E-state index contributed by atoms with van der Waals surface area (Å²) >= 11 is 0. The fraction of sp³-hybridized carbons (Fsp3) is 0.471. The maximum Gasteiger partial charge on any atom is 0.227 e. The van der Waals surface area contributed by atoms with E-state index in [0.717, 1.165) is 41.7 Å². The largest absolute Gasteiger partial charge is 0.496 e. The van der Waals surface area contributed by atoms with Crippen molar-refractivity contribution in [3.05, 3.63) is 30.0 Å². The number of aromatic nitrogens is 1. The van der Waals surface area contributed by atoms with Crippen LogP contribution in [0.3, 0.4) is 0 Å². The van der Waals surface area contributed by atoms with Gasteiger partial charge in [-0.25, -0.2) is 0 Å². The molecule has 1 N–H and O–H groups in total. The maximum absolute atomic E-state index is 12.5. The number of hydrogen-bond donors (Lipinski definition) is 1. The number of hydrogen-bond acceptors (Lipinski definition) is 2. The van der Waals surface area contributed by atoms with Gasteiger partial charge in [-0.1, -0.05) is 13.0 Å². The number of rotatable bonds is 3. The molecule has 0 radical (unpaired) electrons. The Kier molecular flexibility index (Phi) is 3.86. The van der Waals surface area contributed by atoms with Crippen molar-refractivity contribution < 1.29 is 9.53 Å². The van der Waals surface area contributed by atoms with Crippen molar-refractivity contribution in [1.29, 1.82) is 0 Å². The molecule has 1 atom stereocenters. The molecular weight excluding hydrogens is 264 g/mol. The van der Waals surface area contributed by atoms with Gasteiger partial charge in [-0.2, -0.15) is 0 Å². The van der Waals surface area contributed by atoms with Crippen LogP contribution in [0.15, 0.2) is 24.4 Å². The Morgan fingerprint density at radius 2 is 2.33 bits per heavy atom. The van der Waals surface area contributed by atoms with Gasteiger partial charge < -0.3 is 14.6 Å². The number of carbonyl (C=O) groups excluding carboxylic acids is 1. The van der Waals surface area contributed by atoms with E-state index >= 15 is 0 Å². The number of methoxy groups -OCH3 is 1. The summed E-state index contributed by atoms with van der Waals surface area (Å²) < 4.78 is 5.43. The summed E-state index contributed by atoms with van der Waals surface area (Å²) in [6.45, 7) is 4.00. The zero-order valence-corrected chi connectivity index (χ0v) is 12.7. The number of ether oxygens (including phenoxy) is 1. The SMILES string of the molecule is COc1cccc2[nH]cc(CC(=O)N3CCCC(C)C3)c12. The lowest BCUT2D eigenvalue weighted by molar-refractivity contribution is -0.132. The van der Waals surface area contributed by atoms with Gasteiger partial charge in [0.1, 0.15) is 5.75 Å². The molecule has 1 amide bonds. The monoisotopic (exact) mass is 286 g/mol. The number of nitrogens with one attached hydrogen (secondary N) is 1. The van der Waals surface area contributed by atoms with Crippen LogP contribution in [-0.2, 0) is 11.2 Å². The number of H-pyrrole nitrogens is 1. The van der Waals surface area contributed by atoms with Crippen LogP contribution in [-0.4, -0.2) is 36.0 Å². The molecule has 1 fully saturated rings. The molecule has 0 saturated carbocycles. The number of likely N-dealkylation sites (tertiary alicyclic amines) is 1. The van der Waals surface area contributed by atoms with Crippen LogP contribution in [0.5, 0.6) is 5.75 Å². The molecule has 1 aliphatic heterocycles. The highest BCUT2D eigenvalue weighted by atomic mass is 16.5. The van der Waals surface area contributed by atoms with Crippen molar-refractivity contribution >= 4 is 16.8 Å². The van der Waals surface area contributed by atoms with Crippen LogP contribution in [0.1, 0.15) is 25.3 Å². The number of benzene rings is 1. The van der Waals surface area contributed by atoms with E-state index in [1.54, 1.807) is 7.11 Å². The fourth-order valence-electron chi connectivity index (χ4n) is 3.22. The minimum atomic E-state index is 0.216. The molecule has 1 unspecified atom stereocenters. The first-order chi connectivity index (χ1) is 10.2. The lowest BCUT2D eigenvalue weighted by Gasteiger charge is -2.31. The van der Waals surface area contributed by atoms with Gasteiger partial charge >= 0.3 is 0 Å². The molecule has 0 aliphatic carbocycles. The van der Waals surface area contributed by atoms with E-state index in [1.807, 2.05) is 29.3 Å². The highest BCUT2D eigenvalue weighted by molar-refractivity contribution is 5.93. The predicted octanol–water partition coefficient (Wildman–Crippen LogP) is 2.98. The third-order valence-electron chi connectivity index (χ3n) is 4.32. The van der Waals surface area contributed by atoms with Crippen molar-refractivity contribution in [3.8, 4) is 5.75 Å². The highest BCUT2D eigenvalue weighted by Gasteiger charge is 2.22. The normalized spacial score (nSPS) is 19.0. The van der Waals surface area contributed by atoms with Crippen molar-refractivity contribution in [2.45, 2.75) is 26.2 Å². The molecule has 112 valence electrons. The highest BCUT2D eigenvalue weighted by Crippen LogP contribution is 2.29. The summed E-state index contributed by atoms with van der Waals surface area (Å²) in [5, 5.41) is 1.03. The van der Waals surface area contributed by atoms with Gasteiger partial charge in [0.25, 0.3) is 0 Å². The maximum atomic E-state index is 12.5. The quantitative estimate of drug-likeness (QED) is 0.943. The molecule has 1 aromatic heterocycles. The van der Waals surface area contributed by atoms with E-state index in [0.29, 0.717) is 12.3 Å². The van der Waals surface area contributed by atoms with Gasteiger partial charge in [-0.05, 0) is 36.5 Å². The Labute approximate surface area is 125 Å². The van der Waals surface area contributed by atoms with Crippen LogP contribution in [0.25, 0.3) is 10.9 Å². The summed E-state index contributed by atoms with van der Waals surface area (Å²) in [4.78, 5) is 17.8. The van der Waals surface area contributed by atoms with Gasteiger partial charge in [0, 0.05) is 30.2 Å². The van der Waals surface area contributed by atoms with Crippen LogP contribution in [0.4, 0.5) is 0 Å². The molecule has 2 heterocycles. The second-order valence-corrected chi connectivity index (χ2v) is 5.96. The van der Waals surface area contributed by atoms with E-state index < -0.39 is 0 Å². The number of carbonyl (C=O) groups is 1. The summed E-state index contributed by atoms with van der Waals surface area (Å²) in [5.41, 5.74) is 2.04. The average Bonchev–Trinajstić information content (AvgIpc) is 2.90. The van der Waals surface area contributed by atoms with Gasteiger partial charge in [-0.3, -0.25) is 4.79 Å². The predicted molar refractivity (Wildman–Crippen MR) is 83.5 cm³/mol. The zero-order chi connectivity index (χ0) is 14.8. The Bertz CT molecular complexity index is 647. The number of piperidine rings is 1. The Balaban J connectivity index is 1.83. The molecule has 0 bridgehead atoms. The zero-order valence-electron chi connectivity index (χ0n) is 12.7. The van der Waals surface area contributed by atoms with Crippen molar-refractivity contribution in [1.82, 2.24) is 9.88 Å². The van der Waals surface area contributed by atoms with Crippen LogP contribution in [0.2, 0.25) is 0 Å². The first-order valence-electron chi connectivity index (χ1n) is 7.59. The van der Waals surface area contributed by atoms with E-state index in [1.165, 1.54) is 6.42 Å². The van der Waals surface area contributed by atoms with Gasteiger partial charge in [-0.15, -0.1) is 0 Å². The minimum absolute atomic E-state index is 0.216. The van der Waals surface area contributed by atoms with Crippen LogP contribution < -0.4 is 4.74 Å². The molecule has 21 heavy (non-hydrogen) atoms. The smallest absolute Gasteiger partial charge is 0.227 e. The van der Waals surface area contributed by atoms with Crippen LogP contribution in [0, 0.1) is 5.92 Å². The summed E-state index contributed by atoms with van der Waals surface area (Å²) in [7, 11) is 1.67. The standard InChI is InChI=1S/C17H22N2O2/c1-12-5-4-8-19(11-12)16(20)9-13-10-18-14-6-3-7-15(21-2)17(13)14/h3,6-7,10,12,18H,4-5,8-9,11H2,1-2H3. The molecule has 2 aromatic rings. The molecule has 0 spiro atoms. The van der Waals surface area contributed by atoms with E-state index in [-0.39, 0.29) is 5.91 Å². The summed E-state index contributed by atoms with van der Waals surface area (Å²) in [6.07, 6.45) is 4.71. The lowest BCUT2D eigenvalue weighted by atomic mass is 9.99. The van der Waals surface area contributed by atoms with Gasteiger partial charge in [0.05, 0.1) is 13.5 Å². The molecule has 1 aromatic carbocycles. The van der Waals surface area contributed by atoms with E-state index in [9.17, 15) is 4.79 Å². The number of fused-ring (bicyclic) bond motifs is 1. The Hall–Kier alpha value is -1.97. The Morgan fingerprint density at radius 1 is 1.48 bits per heavy atom. The first-order valence-corrected chi connectivity index (χ1v) is 7.59. The summed E-state index contributed by atoms with van der Waals surface area (Å²) in [6, 6.07) is 5.90. The first kappa shape index (κ1) is 14.0. The second-order valence-electron chi connectivity index (χ2n) is 5.96. The van der Waals surface area contributed by atoms with E-state index in [4.69, 9.17) is 4.74 Å². The molecule has 1 saturated heterocycles. The fourth-order valence-corrected chi connectivity index (χ4v) is 3.22. The number of aromatic amines is 1. The topological polar surface area (TPSA) is 45.3 Å². The van der Waals surface area contributed by atoms with Crippen molar-refractivity contribution in [2.75, 3.05) is 20.2 Å². The van der Waals surface area contributed by atoms with E-state index in [2.05, 4.69) is 11.9 Å².